The lowest BCUT2D eigenvalue weighted by atomic mass is 10.0. The van der Waals surface area contributed by atoms with Gasteiger partial charge in [-0.1, -0.05) is 30.3 Å². The predicted molar refractivity (Wildman–Crippen MR) is 93.8 cm³/mol. The Hall–Kier alpha value is -3.22. The van der Waals surface area contributed by atoms with Gasteiger partial charge in [0, 0.05) is 24.2 Å². The number of carboxylic acids is 1. The van der Waals surface area contributed by atoms with Crippen molar-refractivity contribution in [3.05, 3.63) is 65.5 Å². The zero-order valence-electron chi connectivity index (χ0n) is 14.0. The summed E-state index contributed by atoms with van der Waals surface area (Å²) in [5.41, 5.74) is 0.846. The fraction of sp³-hybridized carbons (Fsp3) is 0.263. The standard InChI is InChI=1S/C19H19N3O4/c23-17(13-8-9-20-16(11-13)19(25)26)22-15(18(24)21-14-6-7-14)10-12-4-2-1-3-5-12/h1-5,8-9,11,14-15H,6-7,10H2,(H,21,24)(H,22,23)(H,25,26). The van der Waals surface area contributed by atoms with Crippen molar-refractivity contribution in [1.82, 2.24) is 15.6 Å². The molecule has 0 radical (unpaired) electrons. The molecule has 26 heavy (non-hydrogen) atoms. The highest BCUT2D eigenvalue weighted by molar-refractivity contribution is 5.99. The highest BCUT2D eigenvalue weighted by atomic mass is 16.4. The quantitative estimate of drug-likeness (QED) is 0.697. The minimum Gasteiger partial charge on any atom is -0.477 e. The topological polar surface area (TPSA) is 108 Å². The zero-order valence-corrected chi connectivity index (χ0v) is 14.0. The van der Waals surface area contributed by atoms with E-state index in [2.05, 4.69) is 15.6 Å². The number of carboxylic acid groups (broad SMARTS) is 1. The molecule has 3 rings (SSSR count). The molecule has 0 bridgehead atoms. The van der Waals surface area contributed by atoms with E-state index in [1.54, 1.807) is 0 Å². The summed E-state index contributed by atoms with van der Waals surface area (Å²) in [6.45, 7) is 0. The molecule has 3 N–H and O–H groups in total. The van der Waals surface area contributed by atoms with Gasteiger partial charge in [-0.05, 0) is 30.5 Å². The van der Waals surface area contributed by atoms with Crippen molar-refractivity contribution < 1.29 is 19.5 Å². The first-order valence-electron chi connectivity index (χ1n) is 8.37. The minimum atomic E-state index is -1.22. The van der Waals surface area contributed by atoms with Crippen molar-refractivity contribution in [1.29, 1.82) is 0 Å². The maximum Gasteiger partial charge on any atom is 0.354 e. The van der Waals surface area contributed by atoms with Crippen LogP contribution in [0.5, 0.6) is 0 Å². The number of aromatic nitrogens is 1. The molecule has 7 heteroatoms. The van der Waals surface area contributed by atoms with Gasteiger partial charge in [-0.2, -0.15) is 0 Å². The second-order valence-corrected chi connectivity index (χ2v) is 6.23. The minimum absolute atomic E-state index is 0.148. The summed E-state index contributed by atoms with van der Waals surface area (Å²) in [5, 5.41) is 14.6. The summed E-state index contributed by atoms with van der Waals surface area (Å²) < 4.78 is 0. The van der Waals surface area contributed by atoms with Crippen LogP contribution >= 0.6 is 0 Å². The summed E-state index contributed by atoms with van der Waals surface area (Å²) in [6.07, 6.45) is 3.50. The van der Waals surface area contributed by atoms with Gasteiger partial charge in [-0.15, -0.1) is 0 Å². The molecule has 1 saturated carbocycles. The van der Waals surface area contributed by atoms with Crippen LogP contribution < -0.4 is 10.6 Å². The van der Waals surface area contributed by atoms with Gasteiger partial charge in [-0.3, -0.25) is 9.59 Å². The van der Waals surface area contributed by atoms with Crippen molar-refractivity contribution in [2.45, 2.75) is 31.3 Å². The third-order valence-electron chi connectivity index (χ3n) is 4.07. The molecule has 1 unspecified atom stereocenters. The third kappa shape index (κ3) is 4.66. The maximum absolute atomic E-state index is 12.5. The lowest BCUT2D eigenvalue weighted by Gasteiger charge is -2.18. The number of hydrogen-bond acceptors (Lipinski definition) is 4. The fourth-order valence-corrected chi connectivity index (χ4v) is 2.52. The number of carbonyl (C=O) groups is 3. The Morgan fingerprint density at radius 2 is 1.88 bits per heavy atom. The van der Waals surface area contributed by atoms with E-state index >= 15 is 0 Å². The van der Waals surface area contributed by atoms with E-state index < -0.39 is 17.9 Å². The lowest BCUT2D eigenvalue weighted by Crippen LogP contribution is -2.48. The smallest absolute Gasteiger partial charge is 0.354 e. The van der Waals surface area contributed by atoms with Gasteiger partial charge in [0.25, 0.3) is 5.91 Å². The number of benzene rings is 1. The molecule has 1 fully saturated rings. The average Bonchev–Trinajstić information content (AvgIpc) is 3.46. The van der Waals surface area contributed by atoms with Crippen LogP contribution in [0.4, 0.5) is 0 Å². The van der Waals surface area contributed by atoms with Crippen molar-refractivity contribution in [3.8, 4) is 0 Å². The van der Waals surface area contributed by atoms with Crippen LogP contribution in [0.2, 0.25) is 0 Å². The number of nitrogens with one attached hydrogen (secondary N) is 2. The maximum atomic E-state index is 12.5. The second kappa shape index (κ2) is 7.77. The van der Waals surface area contributed by atoms with E-state index in [1.807, 2.05) is 30.3 Å². The lowest BCUT2D eigenvalue weighted by molar-refractivity contribution is -0.123. The van der Waals surface area contributed by atoms with Gasteiger partial charge in [0.15, 0.2) is 0 Å². The Morgan fingerprint density at radius 3 is 2.54 bits per heavy atom. The van der Waals surface area contributed by atoms with Crippen molar-refractivity contribution in [2.24, 2.45) is 0 Å². The number of aromatic carboxylic acids is 1. The Labute approximate surface area is 150 Å². The molecular formula is C19H19N3O4. The van der Waals surface area contributed by atoms with E-state index in [0.717, 1.165) is 18.4 Å². The molecular weight excluding hydrogens is 334 g/mol. The number of carbonyl (C=O) groups excluding carboxylic acids is 2. The summed E-state index contributed by atoms with van der Waals surface area (Å²) in [4.78, 5) is 39.7. The van der Waals surface area contributed by atoms with Crippen LogP contribution in [0.3, 0.4) is 0 Å². The molecule has 1 aromatic heterocycles. The highest BCUT2D eigenvalue weighted by Crippen LogP contribution is 2.19. The van der Waals surface area contributed by atoms with E-state index in [0.29, 0.717) is 6.42 Å². The van der Waals surface area contributed by atoms with Crippen molar-refractivity contribution in [3.63, 3.8) is 0 Å². The molecule has 0 spiro atoms. The van der Waals surface area contributed by atoms with Crippen LogP contribution in [0.1, 0.15) is 39.3 Å². The molecule has 1 heterocycles. The van der Waals surface area contributed by atoms with Gasteiger partial charge in [0.05, 0.1) is 0 Å². The summed E-state index contributed by atoms with van der Waals surface area (Å²) in [7, 11) is 0. The summed E-state index contributed by atoms with van der Waals surface area (Å²) >= 11 is 0. The van der Waals surface area contributed by atoms with Gasteiger partial charge in [-0.25, -0.2) is 9.78 Å². The summed E-state index contributed by atoms with van der Waals surface area (Å²) in [6, 6.07) is 11.4. The monoisotopic (exact) mass is 353 g/mol. The van der Waals surface area contributed by atoms with Gasteiger partial charge < -0.3 is 15.7 Å². The molecule has 1 aliphatic rings. The van der Waals surface area contributed by atoms with Crippen LogP contribution in [0.15, 0.2) is 48.7 Å². The van der Waals surface area contributed by atoms with E-state index in [9.17, 15) is 14.4 Å². The molecule has 2 amide bonds. The SMILES string of the molecule is O=C(NC(Cc1ccccc1)C(=O)NC1CC1)c1ccnc(C(=O)O)c1. The molecule has 134 valence electrons. The van der Waals surface area contributed by atoms with E-state index in [-0.39, 0.29) is 23.2 Å². The third-order valence-corrected chi connectivity index (χ3v) is 4.07. The van der Waals surface area contributed by atoms with Gasteiger partial charge >= 0.3 is 5.97 Å². The van der Waals surface area contributed by atoms with Crippen molar-refractivity contribution >= 4 is 17.8 Å². The number of amides is 2. The Kier molecular flexibility index (Phi) is 5.26. The first kappa shape index (κ1) is 17.6. The van der Waals surface area contributed by atoms with Crippen molar-refractivity contribution in [2.75, 3.05) is 0 Å². The first-order chi connectivity index (χ1) is 12.5. The molecule has 2 aromatic rings. The number of rotatable bonds is 7. The summed E-state index contributed by atoms with van der Waals surface area (Å²) in [5.74, 6) is -1.97. The van der Waals surface area contributed by atoms with E-state index in [4.69, 9.17) is 5.11 Å². The molecule has 1 aliphatic carbocycles. The molecule has 0 saturated heterocycles. The molecule has 1 atom stereocenters. The molecule has 0 aliphatic heterocycles. The predicted octanol–water partition coefficient (Wildman–Crippen LogP) is 1.40. The number of pyridine rings is 1. The first-order valence-corrected chi connectivity index (χ1v) is 8.37. The molecule has 1 aromatic carbocycles. The Balaban J connectivity index is 1.75. The van der Waals surface area contributed by atoms with Crippen LogP contribution in [-0.4, -0.2) is 40.0 Å². The number of nitrogens with zero attached hydrogens (tertiary/aromatic N) is 1. The fourth-order valence-electron chi connectivity index (χ4n) is 2.52. The van der Waals surface area contributed by atoms with Crippen LogP contribution in [0.25, 0.3) is 0 Å². The van der Waals surface area contributed by atoms with Crippen LogP contribution in [-0.2, 0) is 11.2 Å². The second-order valence-electron chi connectivity index (χ2n) is 6.23. The van der Waals surface area contributed by atoms with E-state index in [1.165, 1.54) is 18.3 Å². The normalized spacial score (nSPS) is 14.3. The van der Waals surface area contributed by atoms with Crippen LogP contribution in [0, 0.1) is 0 Å². The largest absolute Gasteiger partial charge is 0.477 e. The highest BCUT2D eigenvalue weighted by Gasteiger charge is 2.29. The number of hydrogen-bond donors (Lipinski definition) is 3. The zero-order chi connectivity index (χ0) is 18.5. The molecule has 7 nitrogen and oxygen atoms in total. The van der Waals surface area contributed by atoms with Gasteiger partial charge in [0.2, 0.25) is 5.91 Å². The average molecular weight is 353 g/mol. The Bertz CT molecular complexity index is 819. The Morgan fingerprint density at radius 1 is 1.15 bits per heavy atom. The van der Waals surface area contributed by atoms with Gasteiger partial charge in [0.1, 0.15) is 11.7 Å².